The van der Waals surface area contributed by atoms with E-state index < -0.39 is 10.0 Å². The third-order valence-corrected chi connectivity index (χ3v) is 6.75. The van der Waals surface area contributed by atoms with Gasteiger partial charge in [0.1, 0.15) is 4.21 Å². The van der Waals surface area contributed by atoms with Crippen LogP contribution in [0, 0.1) is 0 Å². The quantitative estimate of drug-likeness (QED) is 0.525. The number of nitrogens with zero attached hydrogens (tertiary/aromatic N) is 1. The standard InChI is InChI=1S/C21H23N3O4S2/c1-15(2)28-20-10-7-17(14-23-20)13-22-19(25)12-16-5-8-18(9-6-16)24-30(26,27)21-4-3-11-29-21/h3-11,14-15,24H,12-13H2,1-2H3,(H,22,25). The average molecular weight is 446 g/mol. The minimum absolute atomic E-state index is 0.0560. The minimum Gasteiger partial charge on any atom is -0.475 e. The van der Waals surface area contributed by atoms with E-state index in [1.807, 2.05) is 19.9 Å². The lowest BCUT2D eigenvalue weighted by Gasteiger charge is -2.10. The van der Waals surface area contributed by atoms with E-state index in [1.165, 1.54) is 0 Å². The van der Waals surface area contributed by atoms with Gasteiger partial charge in [-0.15, -0.1) is 11.3 Å². The van der Waals surface area contributed by atoms with Crippen molar-refractivity contribution in [3.63, 3.8) is 0 Å². The number of pyridine rings is 1. The van der Waals surface area contributed by atoms with Crippen LogP contribution in [-0.2, 0) is 27.8 Å². The van der Waals surface area contributed by atoms with E-state index in [2.05, 4.69) is 15.0 Å². The fourth-order valence-electron chi connectivity index (χ4n) is 2.59. The first-order valence-electron chi connectivity index (χ1n) is 9.35. The molecule has 0 aliphatic heterocycles. The predicted molar refractivity (Wildman–Crippen MR) is 117 cm³/mol. The molecule has 3 rings (SSSR count). The molecule has 0 radical (unpaired) electrons. The lowest BCUT2D eigenvalue weighted by Crippen LogP contribution is -2.24. The fraction of sp³-hybridized carbons (Fsp3) is 0.238. The first kappa shape index (κ1) is 21.8. The van der Waals surface area contributed by atoms with Gasteiger partial charge < -0.3 is 10.1 Å². The Morgan fingerprint density at radius 3 is 2.43 bits per heavy atom. The molecule has 0 saturated carbocycles. The van der Waals surface area contributed by atoms with Gasteiger partial charge in [0, 0.05) is 24.5 Å². The molecule has 0 bridgehead atoms. The lowest BCUT2D eigenvalue weighted by atomic mass is 10.1. The zero-order valence-corrected chi connectivity index (χ0v) is 18.3. The maximum Gasteiger partial charge on any atom is 0.271 e. The third-order valence-electron chi connectivity index (χ3n) is 3.97. The molecule has 3 aromatic rings. The van der Waals surface area contributed by atoms with Crippen molar-refractivity contribution in [2.24, 2.45) is 0 Å². The summed E-state index contributed by atoms with van der Waals surface area (Å²) in [7, 11) is -3.58. The molecule has 2 heterocycles. The largest absolute Gasteiger partial charge is 0.475 e. The summed E-state index contributed by atoms with van der Waals surface area (Å²) in [5.41, 5.74) is 2.10. The normalized spacial score (nSPS) is 11.3. The van der Waals surface area contributed by atoms with Crippen LogP contribution in [0.2, 0.25) is 0 Å². The summed E-state index contributed by atoms with van der Waals surface area (Å²) in [5.74, 6) is 0.416. The molecule has 0 fully saturated rings. The number of thiophene rings is 1. The maximum absolute atomic E-state index is 12.2. The first-order chi connectivity index (χ1) is 14.3. The van der Waals surface area contributed by atoms with Crippen LogP contribution >= 0.6 is 11.3 Å². The van der Waals surface area contributed by atoms with Crippen molar-refractivity contribution in [1.82, 2.24) is 10.3 Å². The molecule has 2 aromatic heterocycles. The molecule has 158 valence electrons. The summed E-state index contributed by atoms with van der Waals surface area (Å²) in [6, 6.07) is 13.6. The van der Waals surface area contributed by atoms with Crippen molar-refractivity contribution in [1.29, 1.82) is 0 Å². The van der Waals surface area contributed by atoms with Gasteiger partial charge >= 0.3 is 0 Å². The van der Waals surface area contributed by atoms with Gasteiger partial charge in [0.25, 0.3) is 10.0 Å². The SMILES string of the molecule is CC(C)Oc1ccc(CNC(=O)Cc2ccc(NS(=O)(=O)c3cccs3)cc2)cn1. The smallest absolute Gasteiger partial charge is 0.271 e. The van der Waals surface area contributed by atoms with Crippen LogP contribution in [-0.4, -0.2) is 25.4 Å². The Morgan fingerprint density at radius 2 is 1.83 bits per heavy atom. The van der Waals surface area contributed by atoms with Crippen LogP contribution in [0.25, 0.3) is 0 Å². The number of ether oxygens (including phenoxy) is 1. The van der Waals surface area contributed by atoms with Crippen molar-refractivity contribution in [2.45, 2.75) is 37.1 Å². The summed E-state index contributed by atoms with van der Waals surface area (Å²) in [6.45, 7) is 4.23. The number of benzene rings is 1. The highest BCUT2D eigenvalue weighted by Crippen LogP contribution is 2.20. The van der Waals surface area contributed by atoms with E-state index in [9.17, 15) is 13.2 Å². The molecule has 0 spiro atoms. The summed E-state index contributed by atoms with van der Waals surface area (Å²) >= 11 is 1.15. The highest BCUT2D eigenvalue weighted by molar-refractivity contribution is 7.94. The molecule has 1 amide bonds. The van der Waals surface area contributed by atoms with E-state index in [-0.39, 0.29) is 22.6 Å². The highest BCUT2D eigenvalue weighted by atomic mass is 32.2. The first-order valence-corrected chi connectivity index (χ1v) is 11.7. The number of carbonyl (C=O) groups excluding carboxylic acids is 1. The highest BCUT2D eigenvalue weighted by Gasteiger charge is 2.15. The molecular weight excluding hydrogens is 422 g/mol. The van der Waals surface area contributed by atoms with Gasteiger partial charge in [-0.3, -0.25) is 9.52 Å². The number of anilines is 1. The minimum atomic E-state index is -3.58. The molecule has 30 heavy (non-hydrogen) atoms. The number of carbonyl (C=O) groups is 1. The number of hydrogen-bond acceptors (Lipinski definition) is 6. The Morgan fingerprint density at radius 1 is 1.10 bits per heavy atom. The van der Waals surface area contributed by atoms with Gasteiger partial charge in [0.05, 0.1) is 12.5 Å². The lowest BCUT2D eigenvalue weighted by molar-refractivity contribution is -0.120. The molecule has 0 aliphatic carbocycles. The Kier molecular flexibility index (Phi) is 7.07. The second-order valence-corrected chi connectivity index (χ2v) is 9.72. The Hall–Kier alpha value is -2.91. The van der Waals surface area contributed by atoms with Crippen LogP contribution < -0.4 is 14.8 Å². The molecule has 1 aromatic carbocycles. The van der Waals surface area contributed by atoms with E-state index in [0.717, 1.165) is 22.5 Å². The van der Waals surface area contributed by atoms with Gasteiger partial charge in [0.2, 0.25) is 11.8 Å². The van der Waals surface area contributed by atoms with E-state index in [1.54, 1.807) is 54.0 Å². The maximum atomic E-state index is 12.2. The summed E-state index contributed by atoms with van der Waals surface area (Å²) in [5, 5.41) is 4.56. The van der Waals surface area contributed by atoms with Crippen molar-refractivity contribution < 1.29 is 17.9 Å². The van der Waals surface area contributed by atoms with Crippen LogP contribution in [0.4, 0.5) is 5.69 Å². The van der Waals surface area contributed by atoms with Gasteiger partial charge in [-0.25, -0.2) is 13.4 Å². The van der Waals surface area contributed by atoms with Gasteiger partial charge in [0.15, 0.2) is 0 Å². The van der Waals surface area contributed by atoms with E-state index >= 15 is 0 Å². The summed E-state index contributed by atoms with van der Waals surface area (Å²) in [4.78, 5) is 16.4. The molecule has 0 aliphatic rings. The molecule has 7 nitrogen and oxygen atoms in total. The van der Waals surface area contributed by atoms with E-state index in [4.69, 9.17) is 4.74 Å². The van der Waals surface area contributed by atoms with Crippen molar-refractivity contribution in [3.8, 4) is 5.88 Å². The number of aromatic nitrogens is 1. The van der Waals surface area contributed by atoms with Crippen molar-refractivity contribution >= 4 is 33.0 Å². The number of rotatable bonds is 9. The van der Waals surface area contributed by atoms with Crippen LogP contribution in [0.1, 0.15) is 25.0 Å². The predicted octanol–water partition coefficient (Wildman–Crippen LogP) is 3.59. The summed E-state index contributed by atoms with van der Waals surface area (Å²) in [6.07, 6.45) is 1.92. The fourth-order valence-corrected chi connectivity index (χ4v) is 4.64. The number of amides is 1. The number of sulfonamides is 1. The molecule has 0 unspecified atom stereocenters. The van der Waals surface area contributed by atoms with Crippen LogP contribution in [0.15, 0.2) is 64.3 Å². The van der Waals surface area contributed by atoms with Gasteiger partial charge in [-0.1, -0.05) is 24.3 Å². The van der Waals surface area contributed by atoms with Crippen molar-refractivity contribution in [3.05, 3.63) is 71.2 Å². The zero-order valence-electron chi connectivity index (χ0n) is 16.7. The molecule has 0 saturated heterocycles. The molecule has 0 atom stereocenters. The second-order valence-electron chi connectivity index (χ2n) is 6.86. The third kappa shape index (κ3) is 6.30. The topological polar surface area (TPSA) is 97.4 Å². The Bertz CT molecular complexity index is 1060. The van der Waals surface area contributed by atoms with Gasteiger partial charge in [-0.2, -0.15) is 0 Å². The number of nitrogens with one attached hydrogen (secondary N) is 2. The van der Waals surface area contributed by atoms with Crippen LogP contribution in [0.5, 0.6) is 5.88 Å². The molecule has 2 N–H and O–H groups in total. The van der Waals surface area contributed by atoms with Gasteiger partial charge in [-0.05, 0) is 48.6 Å². The Labute approximate surface area is 180 Å². The average Bonchev–Trinajstić information content (AvgIpc) is 3.24. The number of hydrogen-bond donors (Lipinski definition) is 2. The van der Waals surface area contributed by atoms with Crippen LogP contribution in [0.3, 0.4) is 0 Å². The molecular formula is C21H23N3O4S2. The van der Waals surface area contributed by atoms with Crippen molar-refractivity contribution in [2.75, 3.05) is 4.72 Å². The zero-order chi connectivity index (χ0) is 21.6. The summed E-state index contributed by atoms with van der Waals surface area (Å²) < 4.78 is 32.8. The molecule has 9 heteroatoms. The monoisotopic (exact) mass is 445 g/mol. The Balaban J connectivity index is 1.50. The second kappa shape index (κ2) is 9.73. The van der Waals surface area contributed by atoms with E-state index in [0.29, 0.717) is 18.1 Å².